The Hall–Kier alpha value is -2.27. The molecule has 0 bridgehead atoms. The summed E-state index contributed by atoms with van der Waals surface area (Å²) >= 11 is 0. The monoisotopic (exact) mass is 340 g/mol. The van der Waals surface area contributed by atoms with E-state index in [0.29, 0.717) is 18.4 Å². The van der Waals surface area contributed by atoms with Crippen molar-refractivity contribution in [1.82, 2.24) is 15.3 Å². The van der Waals surface area contributed by atoms with Gasteiger partial charge in [0.05, 0.1) is 5.69 Å². The molecular weight excluding hydrogens is 312 g/mol. The third kappa shape index (κ3) is 6.27. The fourth-order valence-corrected chi connectivity index (χ4v) is 2.33. The molecule has 2 heterocycles. The van der Waals surface area contributed by atoms with Crippen LogP contribution in [0.2, 0.25) is 0 Å². The van der Waals surface area contributed by atoms with Crippen LogP contribution in [0.1, 0.15) is 45.5 Å². The molecule has 2 rings (SSSR count). The average Bonchev–Trinajstić information content (AvgIpc) is 2.59. The summed E-state index contributed by atoms with van der Waals surface area (Å²) in [6.45, 7) is 8.48. The minimum atomic E-state index is -0.439. The molecule has 25 heavy (non-hydrogen) atoms. The van der Waals surface area contributed by atoms with E-state index in [-0.39, 0.29) is 5.91 Å². The smallest absolute Gasteiger partial charge is 0.230 e. The first-order valence-corrected chi connectivity index (χ1v) is 8.79. The van der Waals surface area contributed by atoms with Gasteiger partial charge in [-0.25, -0.2) is 4.98 Å². The minimum absolute atomic E-state index is 0.0355. The molecule has 0 aromatic carbocycles. The molecule has 2 N–H and O–H groups in total. The number of anilines is 1. The second-order valence-corrected chi connectivity index (χ2v) is 7.23. The number of nitrogens with zero attached hydrogens (tertiary/aromatic N) is 2. The van der Waals surface area contributed by atoms with Crippen molar-refractivity contribution in [3.63, 3.8) is 0 Å². The largest absolute Gasteiger partial charge is 0.310 e. The molecule has 0 saturated carbocycles. The van der Waals surface area contributed by atoms with Gasteiger partial charge in [0.15, 0.2) is 0 Å². The molecule has 0 aliphatic carbocycles. The molecule has 0 aliphatic heterocycles. The predicted octanol–water partition coefficient (Wildman–Crippen LogP) is 3.57. The number of hydrogen-bond acceptors (Lipinski definition) is 4. The Balaban J connectivity index is 1.93. The zero-order chi connectivity index (χ0) is 18.3. The van der Waals surface area contributed by atoms with Crippen molar-refractivity contribution in [3.8, 4) is 0 Å². The maximum Gasteiger partial charge on any atom is 0.230 e. The molecular formula is C20H28N4O. The lowest BCUT2D eigenvalue weighted by atomic mass is 9.96. The second-order valence-electron chi connectivity index (χ2n) is 7.23. The van der Waals surface area contributed by atoms with E-state index in [2.05, 4.69) is 27.5 Å². The van der Waals surface area contributed by atoms with Crippen molar-refractivity contribution >= 4 is 11.7 Å². The van der Waals surface area contributed by atoms with E-state index in [1.165, 1.54) is 0 Å². The van der Waals surface area contributed by atoms with Crippen LogP contribution < -0.4 is 10.6 Å². The molecule has 1 amide bonds. The third-order valence-corrected chi connectivity index (χ3v) is 3.98. The lowest BCUT2D eigenvalue weighted by molar-refractivity contribution is -0.123. The lowest BCUT2D eigenvalue weighted by Gasteiger charge is -2.18. The van der Waals surface area contributed by atoms with E-state index < -0.39 is 5.41 Å². The molecule has 0 fully saturated rings. The van der Waals surface area contributed by atoms with Gasteiger partial charge in [-0.05, 0) is 30.7 Å². The standard InChI is InChI=1S/C20H28N4O/c1-5-15(13-16-9-6-7-12-21-16)22-14-17-10-8-11-18(23-17)24-19(25)20(2,3)4/h6-12,15,22H,5,13-14H2,1-4H3,(H,23,24,25). The van der Waals surface area contributed by atoms with Gasteiger partial charge in [-0.15, -0.1) is 0 Å². The van der Waals surface area contributed by atoms with E-state index in [1.807, 2.05) is 63.4 Å². The van der Waals surface area contributed by atoms with Crippen molar-refractivity contribution < 1.29 is 4.79 Å². The number of carbonyl (C=O) groups excluding carboxylic acids is 1. The van der Waals surface area contributed by atoms with Gasteiger partial charge in [0.25, 0.3) is 0 Å². The molecule has 5 heteroatoms. The van der Waals surface area contributed by atoms with Gasteiger partial charge in [0, 0.05) is 36.3 Å². The molecule has 2 aromatic heterocycles. The van der Waals surface area contributed by atoms with Crippen LogP contribution in [0.3, 0.4) is 0 Å². The van der Waals surface area contributed by atoms with Crippen molar-refractivity contribution in [2.45, 2.75) is 53.1 Å². The molecule has 1 unspecified atom stereocenters. The van der Waals surface area contributed by atoms with Crippen molar-refractivity contribution in [2.75, 3.05) is 5.32 Å². The van der Waals surface area contributed by atoms with Crippen molar-refractivity contribution in [3.05, 3.63) is 54.0 Å². The summed E-state index contributed by atoms with van der Waals surface area (Å²) in [6, 6.07) is 12.0. The van der Waals surface area contributed by atoms with Gasteiger partial charge in [-0.1, -0.05) is 39.8 Å². The first-order chi connectivity index (χ1) is 11.9. The van der Waals surface area contributed by atoms with Gasteiger partial charge < -0.3 is 10.6 Å². The first-order valence-electron chi connectivity index (χ1n) is 8.79. The normalized spacial score (nSPS) is 12.6. The molecule has 1 atom stereocenters. The Morgan fingerprint density at radius 2 is 1.88 bits per heavy atom. The topological polar surface area (TPSA) is 66.9 Å². The van der Waals surface area contributed by atoms with Gasteiger partial charge in [-0.2, -0.15) is 0 Å². The summed E-state index contributed by atoms with van der Waals surface area (Å²) < 4.78 is 0. The summed E-state index contributed by atoms with van der Waals surface area (Å²) in [4.78, 5) is 21.0. The number of pyridine rings is 2. The van der Waals surface area contributed by atoms with Crippen LogP contribution in [0.4, 0.5) is 5.82 Å². The number of carbonyl (C=O) groups is 1. The van der Waals surface area contributed by atoms with E-state index in [4.69, 9.17) is 0 Å². The third-order valence-electron chi connectivity index (χ3n) is 3.98. The number of aromatic nitrogens is 2. The highest BCUT2D eigenvalue weighted by atomic mass is 16.2. The maximum absolute atomic E-state index is 12.1. The predicted molar refractivity (Wildman–Crippen MR) is 101 cm³/mol. The second kappa shape index (κ2) is 8.72. The van der Waals surface area contributed by atoms with Crippen LogP contribution in [-0.2, 0) is 17.8 Å². The highest BCUT2D eigenvalue weighted by Gasteiger charge is 2.21. The van der Waals surface area contributed by atoms with E-state index >= 15 is 0 Å². The minimum Gasteiger partial charge on any atom is -0.310 e. The Morgan fingerprint density at radius 3 is 2.52 bits per heavy atom. The van der Waals surface area contributed by atoms with Gasteiger partial charge in [-0.3, -0.25) is 9.78 Å². The SMILES string of the molecule is CCC(Cc1ccccn1)NCc1cccc(NC(=O)C(C)(C)C)n1. The van der Waals surface area contributed by atoms with Gasteiger partial charge >= 0.3 is 0 Å². The Bertz CT molecular complexity index is 680. The van der Waals surface area contributed by atoms with Crippen molar-refractivity contribution in [1.29, 1.82) is 0 Å². The summed E-state index contributed by atoms with van der Waals surface area (Å²) in [5.41, 5.74) is 1.55. The van der Waals surface area contributed by atoms with Crippen LogP contribution in [0.5, 0.6) is 0 Å². The maximum atomic E-state index is 12.1. The average molecular weight is 340 g/mol. The van der Waals surface area contributed by atoms with E-state index in [0.717, 1.165) is 24.2 Å². The molecule has 0 radical (unpaired) electrons. The molecule has 2 aromatic rings. The quantitative estimate of drug-likeness (QED) is 0.808. The van der Waals surface area contributed by atoms with E-state index in [1.54, 1.807) is 0 Å². The summed E-state index contributed by atoms with van der Waals surface area (Å²) in [6.07, 6.45) is 3.72. The summed E-state index contributed by atoms with van der Waals surface area (Å²) in [5, 5.41) is 6.41. The molecule has 0 aliphatic rings. The van der Waals surface area contributed by atoms with E-state index in [9.17, 15) is 4.79 Å². The fourth-order valence-electron chi connectivity index (χ4n) is 2.33. The Labute approximate surface area is 150 Å². The van der Waals surface area contributed by atoms with Crippen LogP contribution in [0, 0.1) is 5.41 Å². The van der Waals surface area contributed by atoms with Gasteiger partial charge in [0.2, 0.25) is 5.91 Å². The highest BCUT2D eigenvalue weighted by molar-refractivity contribution is 5.93. The zero-order valence-electron chi connectivity index (χ0n) is 15.5. The first kappa shape index (κ1) is 19.1. The van der Waals surface area contributed by atoms with Crippen LogP contribution in [-0.4, -0.2) is 21.9 Å². The number of hydrogen-bond donors (Lipinski definition) is 2. The summed E-state index contributed by atoms with van der Waals surface area (Å²) in [5.74, 6) is 0.559. The molecule has 0 spiro atoms. The Kier molecular flexibility index (Phi) is 6.65. The lowest BCUT2D eigenvalue weighted by Crippen LogP contribution is -2.31. The van der Waals surface area contributed by atoms with Crippen LogP contribution in [0.15, 0.2) is 42.6 Å². The number of nitrogens with one attached hydrogen (secondary N) is 2. The molecule has 5 nitrogen and oxygen atoms in total. The Morgan fingerprint density at radius 1 is 1.12 bits per heavy atom. The number of amides is 1. The molecule has 134 valence electrons. The fraction of sp³-hybridized carbons (Fsp3) is 0.450. The highest BCUT2D eigenvalue weighted by Crippen LogP contribution is 2.16. The molecule has 0 saturated heterocycles. The van der Waals surface area contributed by atoms with Crippen LogP contribution in [0.25, 0.3) is 0 Å². The summed E-state index contributed by atoms with van der Waals surface area (Å²) in [7, 11) is 0. The zero-order valence-corrected chi connectivity index (χ0v) is 15.5. The van der Waals surface area contributed by atoms with Gasteiger partial charge in [0.1, 0.15) is 5.82 Å². The van der Waals surface area contributed by atoms with Crippen molar-refractivity contribution in [2.24, 2.45) is 5.41 Å². The number of rotatable bonds is 7. The van der Waals surface area contributed by atoms with Crippen LogP contribution >= 0.6 is 0 Å².